The molecule has 0 rings (SSSR count). The molecule has 0 saturated carbocycles. The van der Waals surface area contributed by atoms with Crippen molar-refractivity contribution in [3.63, 3.8) is 0 Å². The van der Waals surface area contributed by atoms with Gasteiger partial charge in [0.1, 0.15) is 0 Å². The number of aliphatic carboxylic acids is 1. The molecule has 0 heterocycles. The van der Waals surface area contributed by atoms with E-state index >= 15 is 0 Å². The smallest absolute Gasteiger partial charge is 0.317 e. The summed E-state index contributed by atoms with van der Waals surface area (Å²) in [6.07, 6.45) is 2.40. The molecule has 0 bridgehead atoms. The van der Waals surface area contributed by atoms with Crippen LogP contribution in [0.1, 0.15) is 20.3 Å². The minimum atomic E-state index is -0.920. The number of hydrogen-bond acceptors (Lipinski definition) is 3. The molecule has 6 heteroatoms. The zero-order valence-electron chi connectivity index (χ0n) is 10.3. The maximum atomic E-state index is 11.6. The molecule has 1 amide bonds. The molecule has 0 saturated heterocycles. The van der Waals surface area contributed by atoms with Gasteiger partial charge < -0.3 is 10.4 Å². The van der Waals surface area contributed by atoms with Crippen LogP contribution in [0.15, 0.2) is 12.7 Å². The van der Waals surface area contributed by atoms with Gasteiger partial charge in [-0.25, -0.2) is 0 Å². The monoisotopic (exact) mass is 264 g/mol. The molecular weight excluding hydrogens is 244 g/mol. The second-order valence-electron chi connectivity index (χ2n) is 3.57. The fourth-order valence-electron chi connectivity index (χ4n) is 1.36. The zero-order valence-corrected chi connectivity index (χ0v) is 11.1. The molecule has 0 aliphatic rings. The van der Waals surface area contributed by atoms with Gasteiger partial charge in [0, 0.05) is 6.54 Å². The van der Waals surface area contributed by atoms with Crippen LogP contribution < -0.4 is 5.32 Å². The number of carbonyl (C=O) groups excluding carboxylic acids is 1. The molecule has 0 aromatic carbocycles. The van der Waals surface area contributed by atoms with Gasteiger partial charge in [-0.3, -0.25) is 14.5 Å². The summed E-state index contributed by atoms with van der Waals surface area (Å²) in [5.74, 6) is -1.09. The van der Waals surface area contributed by atoms with Crippen molar-refractivity contribution >= 4 is 24.3 Å². The van der Waals surface area contributed by atoms with E-state index in [1.165, 1.54) is 0 Å². The topological polar surface area (TPSA) is 69.6 Å². The maximum Gasteiger partial charge on any atom is 0.317 e. The Morgan fingerprint density at radius 3 is 2.53 bits per heavy atom. The van der Waals surface area contributed by atoms with Crippen molar-refractivity contribution in [3.05, 3.63) is 12.7 Å². The molecule has 0 aliphatic carbocycles. The number of nitrogens with zero attached hydrogens (tertiary/aromatic N) is 1. The summed E-state index contributed by atoms with van der Waals surface area (Å²) in [5.41, 5.74) is 0. The van der Waals surface area contributed by atoms with E-state index in [-0.39, 0.29) is 24.9 Å². The van der Waals surface area contributed by atoms with E-state index in [0.717, 1.165) is 6.42 Å². The van der Waals surface area contributed by atoms with Crippen LogP contribution in [0.25, 0.3) is 0 Å². The number of halogens is 1. The number of amides is 1. The molecule has 0 spiro atoms. The summed E-state index contributed by atoms with van der Waals surface area (Å²) in [4.78, 5) is 23.9. The van der Waals surface area contributed by atoms with E-state index in [0.29, 0.717) is 13.1 Å². The lowest BCUT2D eigenvalue weighted by atomic mass is 10.2. The van der Waals surface area contributed by atoms with Gasteiger partial charge >= 0.3 is 5.97 Å². The van der Waals surface area contributed by atoms with Gasteiger partial charge in [0.05, 0.1) is 12.6 Å². The lowest BCUT2D eigenvalue weighted by molar-refractivity contribution is -0.139. The molecule has 1 unspecified atom stereocenters. The van der Waals surface area contributed by atoms with Crippen LogP contribution in [0.3, 0.4) is 0 Å². The van der Waals surface area contributed by atoms with E-state index in [1.807, 2.05) is 6.92 Å². The van der Waals surface area contributed by atoms with Gasteiger partial charge in [-0.15, -0.1) is 19.0 Å². The highest BCUT2D eigenvalue weighted by Gasteiger charge is 2.21. The largest absolute Gasteiger partial charge is 0.480 e. The lowest BCUT2D eigenvalue weighted by Crippen LogP contribution is -2.47. The number of nitrogens with one attached hydrogen (secondary N) is 1. The Hall–Kier alpha value is -1.07. The molecule has 5 nitrogen and oxygen atoms in total. The summed E-state index contributed by atoms with van der Waals surface area (Å²) >= 11 is 0. The summed E-state index contributed by atoms with van der Waals surface area (Å²) < 4.78 is 0. The highest BCUT2D eigenvalue weighted by Crippen LogP contribution is 2.00. The molecule has 0 fully saturated rings. The average molecular weight is 265 g/mol. The fraction of sp³-hybridized carbons (Fsp3) is 0.636. The van der Waals surface area contributed by atoms with E-state index in [1.54, 1.807) is 17.9 Å². The third-order valence-corrected chi connectivity index (χ3v) is 2.20. The molecule has 100 valence electrons. The van der Waals surface area contributed by atoms with Crippen molar-refractivity contribution < 1.29 is 14.7 Å². The van der Waals surface area contributed by atoms with Gasteiger partial charge in [0.25, 0.3) is 0 Å². The van der Waals surface area contributed by atoms with Crippen molar-refractivity contribution in [2.45, 2.75) is 26.3 Å². The second-order valence-corrected chi connectivity index (χ2v) is 3.57. The number of carboxylic acid groups (broad SMARTS) is 1. The van der Waals surface area contributed by atoms with E-state index in [9.17, 15) is 9.59 Å². The molecule has 17 heavy (non-hydrogen) atoms. The quantitative estimate of drug-likeness (QED) is 0.639. The number of carboxylic acids is 1. The maximum absolute atomic E-state index is 11.6. The number of carbonyl (C=O) groups is 2. The first-order valence-corrected chi connectivity index (χ1v) is 5.37. The minimum Gasteiger partial charge on any atom is -0.480 e. The van der Waals surface area contributed by atoms with Crippen LogP contribution in [0, 0.1) is 0 Å². The Kier molecular flexibility index (Phi) is 10.9. The summed E-state index contributed by atoms with van der Waals surface area (Å²) in [5, 5.41) is 11.4. The van der Waals surface area contributed by atoms with E-state index in [2.05, 4.69) is 11.9 Å². The Bertz CT molecular complexity index is 259. The van der Waals surface area contributed by atoms with Crippen LogP contribution in [0.5, 0.6) is 0 Å². The van der Waals surface area contributed by atoms with Crippen molar-refractivity contribution in [1.29, 1.82) is 0 Å². The van der Waals surface area contributed by atoms with Crippen molar-refractivity contribution in [3.8, 4) is 0 Å². The van der Waals surface area contributed by atoms with Gasteiger partial charge in [-0.05, 0) is 19.9 Å². The third kappa shape index (κ3) is 7.76. The normalized spacial score (nSPS) is 11.5. The van der Waals surface area contributed by atoms with Crippen LogP contribution in [0.2, 0.25) is 0 Å². The molecule has 1 atom stereocenters. The molecule has 0 aliphatic heterocycles. The standard InChI is InChI=1S/C11H20N2O3.ClH/c1-4-6-12-11(16)9(3)13(7-5-2)8-10(14)15;/h4,9H,1,5-8H2,2-3H3,(H,12,16)(H,14,15);1H. The Morgan fingerprint density at radius 1 is 1.53 bits per heavy atom. The first-order valence-electron chi connectivity index (χ1n) is 5.37. The van der Waals surface area contributed by atoms with E-state index < -0.39 is 12.0 Å². The minimum absolute atomic E-state index is 0. The lowest BCUT2D eigenvalue weighted by Gasteiger charge is -2.25. The number of rotatable bonds is 8. The third-order valence-electron chi connectivity index (χ3n) is 2.20. The molecule has 0 radical (unpaired) electrons. The fourth-order valence-corrected chi connectivity index (χ4v) is 1.36. The Morgan fingerprint density at radius 2 is 2.12 bits per heavy atom. The van der Waals surface area contributed by atoms with E-state index in [4.69, 9.17) is 5.11 Å². The van der Waals surface area contributed by atoms with Gasteiger partial charge in [0.2, 0.25) is 5.91 Å². The Labute approximate surface area is 108 Å². The van der Waals surface area contributed by atoms with Gasteiger partial charge in [-0.1, -0.05) is 13.0 Å². The first kappa shape index (κ1) is 18.3. The van der Waals surface area contributed by atoms with Crippen molar-refractivity contribution in [1.82, 2.24) is 10.2 Å². The number of hydrogen-bond donors (Lipinski definition) is 2. The molecular formula is C11H21ClN2O3. The summed E-state index contributed by atoms with van der Waals surface area (Å²) in [6.45, 7) is 8.03. The zero-order chi connectivity index (χ0) is 12.6. The van der Waals surface area contributed by atoms with Crippen LogP contribution in [-0.2, 0) is 9.59 Å². The molecule has 0 aromatic heterocycles. The molecule has 2 N–H and O–H groups in total. The Balaban J connectivity index is 0. The predicted molar refractivity (Wildman–Crippen MR) is 69.4 cm³/mol. The molecule has 0 aromatic rings. The second kappa shape index (κ2) is 10.1. The highest BCUT2D eigenvalue weighted by atomic mass is 35.5. The van der Waals surface area contributed by atoms with Crippen LogP contribution >= 0.6 is 12.4 Å². The predicted octanol–water partition coefficient (Wildman–Crippen LogP) is 0.895. The van der Waals surface area contributed by atoms with Crippen LogP contribution in [0.4, 0.5) is 0 Å². The summed E-state index contributed by atoms with van der Waals surface area (Å²) in [7, 11) is 0. The van der Waals surface area contributed by atoms with Crippen molar-refractivity contribution in [2.24, 2.45) is 0 Å². The van der Waals surface area contributed by atoms with Gasteiger partial charge in [-0.2, -0.15) is 0 Å². The van der Waals surface area contributed by atoms with Crippen LogP contribution in [-0.4, -0.2) is 47.6 Å². The highest BCUT2D eigenvalue weighted by molar-refractivity contribution is 5.85. The van der Waals surface area contributed by atoms with Crippen molar-refractivity contribution in [2.75, 3.05) is 19.6 Å². The van der Waals surface area contributed by atoms with Gasteiger partial charge in [0.15, 0.2) is 0 Å². The SMILES string of the molecule is C=CCNC(=O)C(C)N(CCC)CC(=O)O.Cl. The summed E-state index contributed by atoms with van der Waals surface area (Å²) in [6, 6.07) is -0.434. The first-order chi connectivity index (χ1) is 7.52. The average Bonchev–Trinajstić information content (AvgIpc) is 2.23.